The molecule has 1 nitrogen and oxygen atoms in total. The maximum absolute atomic E-state index is 12.6. The summed E-state index contributed by atoms with van der Waals surface area (Å²) in [5, 5.41) is 0. The van der Waals surface area contributed by atoms with Gasteiger partial charge in [-0.3, -0.25) is 0 Å². The maximum atomic E-state index is 12.6. The normalized spacial score (nSPS) is 11.7. The number of unbranched alkanes of at least 4 members (excludes halogenated alkanes) is 1. The molecule has 0 aliphatic heterocycles. The Morgan fingerprint density at radius 3 is 2.27 bits per heavy atom. The van der Waals surface area contributed by atoms with Crippen molar-refractivity contribution in [2.24, 2.45) is 5.73 Å². The third kappa shape index (κ3) is 5.53. The Hall–Kier alpha value is -0.890. The Balaban J connectivity index is 2.23. The quantitative estimate of drug-likeness (QED) is 0.740. The molecule has 0 atom stereocenters. The van der Waals surface area contributed by atoms with E-state index in [9.17, 15) is 4.39 Å². The van der Waals surface area contributed by atoms with E-state index in [1.54, 1.807) is 0 Å². The minimum atomic E-state index is -0.165. The van der Waals surface area contributed by atoms with E-state index in [1.165, 1.54) is 17.7 Å². The lowest BCUT2D eigenvalue weighted by Crippen LogP contribution is -2.31. The molecule has 1 rings (SSSR count). The van der Waals surface area contributed by atoms with E-state index in [-0.39, 0.29) is 11.4 Å². The zero-order valence-electron chi connectivity index (χ0n) is 9.59. The van der Waals surface area contributed by atoms with Gasteiger partial charge in [-0.15, -0.1) is 0 Å². The molecule has 0 saturated carbocycles. The van der Waals surface area contributed by atoms with Crippen molar-refractivity contribution in [2.75, 3.05) is 0 Å². The standard InChI is InChI=1S/C13H20FN/c1-13(2,15)10-4-3-5-11-6-8-12(14)9-7-11/h6-9H,3-5,10,15H2,1-2H3. The van der Waals surface area contributed by atoms with Crippen LogP contribution in [-0.4, -0.2) is 5.54 Å². The van der Waals surface area contributed by atoms with Crippen LogP contribution in [0.15, 0.2) is 24.3 Å². The van der Waals surface area contributed by atoms with Crippen LogP contribution in [0.5, 0.6) is 0 Å². The second-order valence-corrected chi connectivity index (χ2v) is 4.82. The summed E-state index contributed by atoms with van der Waals surface area (Å²) in [4.78, 5) is 0. The molecular weight excluding hydrogens is 189 g/mol. The maximum Gasteiger partial charge on any atom is 0.123 e. The summed E-state index contributed by atoms with van der Waals surface area (Å²) < 4.78 is 12.6. The van der Waals surface area contributed by atoms with Crippen LogP contribution >= 0.6 is 0 Å². The number of benzene rings is 1. The second kappa shape index (κ2) is 5.26. The summed E-state index contributed by atoms with van der Waals surface area (Å²) in [7, 11) is 0. The lowest BCUT2D eigenvalue weighted by molar-refractivity contribution is 0.450. The molecule has 84 valence electrons. The van der Waals surface area contributed by atoms with E-state index in [0.29, 0.717) is 0 Å². The van der Waals surface area contributed by atoms with Gasteiger partial charge in [-0.2, -0.15) is 0 Å². The molecule has 0 aliphatic rings. The van der Waals surface area contributed by atoms with Gasteiger partial charge in [-0.1, -0.05) is 18.6 Å². The molecule has 1 aromatic rings. The van der Waals surface area contributed by atoms with Gasteiger partial charge in [-0.05, 0) is 50.8 Å². The summed E-state index contributed by atoms with van der Waals surface area (Å²) in [6.45, 7) is 4.09. The molecule has 0 heterocycles. The lowest BCUT2D eigenvalue weighted by Gasteiger charge is -2.17. The fourth-order valence-corrected chi connectivity index (χ4v) is 1.56. The lowest BCUT2D eigenvalue weighted by atomic mass is 9.97. The van der Waals surface area contributed by atoms with Crippen LogP contribution in [0.1, 0.15) is 38.7 Å². The molecule has 0 bridgehead atoms. The minimum Gasteiger partial charge on any atom is -0.326 e. The van der Waals surface area contributed by atoms with E-state index in [1.807, 2.05) is 26.0 Å². The Bertz CT molecular complexity index is 284. The van der Waals surface area contributed by atoms with Crippen molar-refractivity contribution in [3.63, 3.8) is 0 Å². The van der Waals surface area contributed by atoms with Crippen molar-refractivity contribution >= 4 is 0 Å². The van der Waals surface area contributed by atoms with Crippen LogP contribution in [0, 0.1) is 5.82 Å². The number of nitrogens with two attached hydrogens (primary N) is 1. The van der Waals surface area contributed by atoms with Gasteiger partial charge in [0.15, 0.2) is 0 Å². The molecule has 0 amide bonds. The summed E-state index contributed by atoms with van der Waals surface area (Å²) in [6.07, 6.45) is 4.29. The largest absolute Gasteiger partial charge is 0.326 e. The number of hydrogen-bond donors (Lipinski definition) is 1. The molecule has 0 aliphatic carbocycles. The molecule has 0 unspecified atom stereocenters. The molecule has 0 fully saturated rings. The molecule has 0 saturated heterocycles. The van der Waals surface area contributed by atoms with Crippen LogP contribution in [0.3, 0.4) is 0 Å². The Labute approximate surface area is 91.5 Å². The fraction of sp³-hybridized carbons (Fsp3) is 0.538. The fourth-order valence-electron chi connectivity index (χ4n) is 1.56. The van der Waals surface area contributed by atoms with Gasteiger partial charge in [0.1, 0.15) is 5.82 Å². The smallest absolute Gasteiger partial charge is 0.123 e. The first-order chi connectivity index (χ1) is 6.97. The molecular formula is C13H20FN. The summed E-state index contributed by atoms with van der Waals surface area (Å²) >= 11 is 0. The molecule has 0 radical (unpaired) electrons. The Morgan fingerprint density at radius 2 is 1.73 bits per heavy atom. The van der Waals surface area contributed by atoms with Gasteiger partial charge in [-0.25, -0.2) is 4.39 Å². The van der Waals surface area contributed by atoms with Crippen LogP contribution < -0.4 is 5.73 Å². The van der Waals surface area contributed by atoms with Crippen molar-refractivity contribution < 1.29 is 4.39 Å². The van der Waals surface area contributed by atoms with Gasteiger partial charge in [0.25, 0.3) is 0 Å². The van der Waals surface area contributed by atoms with Gasteiger partial charge in [0.05, 0.1) is 0 Å². The predicted octanol–water partition coefficient (Wildman–Crippen LogP) is 3.28. The molecule has 2 N–H and O–H groups in total. The van der Waals surface area contributed by atoms with E-state index < -0.39 is 0 Å². The average molecular weight is 209 g/mol. The molecule has 15 heavy (non-hydrogen) atoms. The zero-order chi connectivity index (χ0) is 11.3. The highest BCUT2D eigenvalue weighted by Gasteiger charge is 2.09. The van der Waals surface area contributed by atoms with Crippen LogP contribution in [0.4, 0.5) is 4.39 Å². The number of halogens is 1. The summed E-state index contributed by atoms with van der Waals surface area (Å²) in [5.41, 5.74) is 7.02. The van der Waals surface area contributed by atoms with Crippen molar-refractivity contribution in [3.05, 3.63) is 35.6 Å². The van der Waals surface area contributed by atoms with E-state index >= 15 is 0 Å². The monoisotopic (exact) mass is 209 g/mol. The van der Waals surface area contributed by atoms with Crippen molar-refractivity contribution in [1.29, 1.82) is 0 Å². The van der Waals surface area contributed by atoms with Gasteiger partial charge >= 0.3 is 0 Å². The summed E-state index contributed by atoms with van der Waals surface area (Å²) in [6, 6.07) is 6.73. The highest BCUT2D eigenvalue weighted by Crippen LogP contribution is 2.12. The van der Waals surface area contributed by atoms with Gasteiger partial charge in [0.2, 0.25) is 0 Å². The first kappa shape index (κ1) is 12.2. The third-order valence-corrected chi connectivity index (χ3v) is 2.45. The molecule has 2 heteroatoms. The highest BCUT2D eigenvalue weighted by atomic mass is 19.1. The number of aryl methyl sites for hydroxylation is 1. The minimum absolute atomic E-state index is 0.0667. The topological polar surface area (TPSA) is 26.0 Å². The molecule has 0 spiro atoms. The summed E-state index contributed by atoms with van der Waals surface area (Å²) in [5.74, 6) is -0.165. The highest BCUT2D eigenvalue weighted by molar-refractivity contribution is 5.15. The Kier molecular flexibility index (Phi) is 4.28. The van der Waals surface area contributed by atoms with Crippen molar-refractivity contribution in [1.82, 2.24) is 0 Å². The second-order valence-electron chi connectivity index (χ2n) is 4.82. The number of hydrogen-bond acceptors (Lipinski definition) is 1. The van der Waals surface area contributed by atoms with Gasteiger partial charge in [0, 0.05) is 5.54 Å². The first-order valence-electron chi connectivity index (χ1n) is 5.51. The Morgan fingerprint density at radius 1 is 1.13 bits per heavy atom. The van der Waals surface area contributed by atoms with E-state index in [2.05, 4.69) is 0 Å². The number of rotatable bonds is 5. The van der Waals surface area contributed by atoms with E-state index in [0.717, 1.165) is 25.7 Å². The first-order valence-corrected chi connectivity index (χ1v) is 5.51. The third-order valence-electron chi connectivity index (χ3n) is 2.45. The molecule has 1 aromatic carbocycles. The van der Waals surface area contributed by atoms with Crippen LogP contribution in [0.2, 0.25) is 0 Å². The van der Waals surface area contributed by atoms with E-state index in [4.69, 9.17) is 5.73 Å². The zero-order valence-corrected chi connectivity index (χ0v) is 9.59. The van der Waals surface area contributed by atoms with Crippen LogP contribution in [-0.2, 0) is 6.42 Å². The average Bonchev–Trinajstić information content (AvgIpc) is 2.14. The van der Waals surface area contributed by atoms with Crippen molar-refractivity contribution in [3.8, 4) is 0 Å². The van der Waals surface area contributed by atoms with Gasteiger partial charge < -0.3 is 5.73 Å². The predicted molar refractivity (Wildman–Crippen MR) is 62.2 cm³/mol. The van der Waals surface area contributed by atoms with Crippen molar-refractivity contribution in [2.45, 2.75) is 45.1 Å². The van der Waals surface area contributed by atoms with Crippen LogP contribution in [0.25, 0.3) is 0 Å². The SMILES string of the molecule is CC(C)(N)CCCCc1ccc(F)cc1. The molecule has 0 aromatic heterocycles.